The molecule has 0 aliphatic rings. The van der Waals surface area contributed by atoms with E-state index in [1.165, 1.54) is 6.26 Å². The molecule has 0 aliphatic heterocycles. The number of aliphatic hydroxyl groups is 1. The molecule has 0 spiro atoms. The number of nitrogens with one attached hydrogen (secondary N) is 1. The zero-order valence-corrected chi connectivity index (χ0v) is 21.3. The number of benzene rings is 1. The maximum absolute atomic E-state index is 13.3. The summed E-state index contributed by atoms with van der Waals surface area (Å²) < 4.78 is 7.39. The minimum Gasteiger partial charge on any atom is -0.444 e. The summed E-state index contributed by atoms with van der Waals surface area (Å²) in [5, 5.41) is 22.8. The number of carbonyl (C=O) groups excluding carboxylic acids is 1. The first-order valence-corrected chi connectivity index (χ1v) is 12.1. The SMILES string of the molecule is Cc1cc(-c2nc(C(=O)Nc3cn4cc(CCC(C)(C)O)nc4cc3-c3ccccc3C#N)co2)ccn1. The number of carbonyl (C=O) groups is 1. The predicted octanol–water partition coefficient (Wildman–Crippen LogP) is 5.19. The Morgan fingerprint density at radius 3 is 2.74 bits per heavy atom. The van der Waals surface area contributed by atoms with Gasteiger partial charge in [0.25, 0.3) is 5.91 Å². The highest BCUT2D eigenvalue weighted by Crippen LogP contribution is 2.32. The van der Waals surface area contributed by atoms with Gasteiger partial charge in [0.05, 0.1) is 28.6 Å². The van der Waals surface area contributed by atoms with Crippen LogP contribution in [0.4, 0.5) is 5.69 Å². The van der Waals surface area contributed by atoms with Crippen molar-refractivity contribution < 1.29 is 14.3 Å². The van der Waals surface area contributed by atoms with E-state index in [1.54, 1.807) is 44.4 Å². The molecule has 0 saturated carbocycles. The number of aromatic nitrogens is 4. The molecule has 0 bridgehead atoms. The Kier molecular flexibility index (Phi) is 6.49. The Labute approximate surface area is 219 Å². The largest absolute Gasteiger partial charge is 0.444 e. The van der Waals surface area contributed by atoms with Gasteiger partial charge in [-0.3, -0.25) is 9.78 Å². The van der Waals surface area contributed by atoms with Crippen LogP contribution < -0.4 is 5.32 Å². The van der Waals surface area contributed by atoms with E-state index in [2.05, 4.69) is 21.4 Å². The van der Waals surface area contributed by atoms with Gasteiger partial charge in [-0.1, -0.05) is 18.2 Å². The van der Waals surface area contributed by atoms with Crippen LogP contribution in [-0.2, 0) is 6.42 Å². The molecule has 4 heterocycles. The Hall–Kier alpha value is -4.81. The normalized spacial score (nSPS) is 11.4. The molecular formula is C29H26N6O3. The van der Waals surface area contributed by atoms with Crippen LogP contribution in [0.15, 0.2) is 71.7 Å². The Balaban J connectivity index is 1.52. The first kappa shape index (κ1) is 24.9. The number of rotatable bonds is 7. The van der Waals surface area contributed by atoms with Gasteiger partial charge in [0.2, 0.25) is 5.89 Å². The average molecular weight is 507 g/mol. The predicted molar refractivity (Wildman–Crippen MR) is 142 cm³/mol. The van der Waals surface area contributed by atoms with Crippen LogP contribution in [-0.4, -0.2) is 36.0 Å². The maximum atomic E-state index is 13.3. The van der Waals surface area contributed by atoms with E-state index in [0.29, 0.717) is 46.8 Å². The smallest absolute Gasteiger partial charge is 0.277 e. The molecular weight excluding hydrogens is 480 g/mol. The van der Waals surface area contributed by atoms with E-state index in [1.807, 2.05) is 41.8 Å². The third kappa shape index (κ3) is 5.31. The summed E-state index contributed by atoms with van der Waals surface area (Å²) in [7, 11) is 0. The highest BCUT2D eigenvalue weighted by molar-refractivity contribution is 6.05. The summed E-state index contributed by atoms with van der Waals surface area (Å²) >= 11 is 0. The van der Waals surface area contributed by atoms with Crippen molar-refractivity contribution in [3.63, 3.8) is 0 Å². The minimum absolute atomic E-state index is 0.116. The van der Waals surface area contributed by atoms with Crippen LogP contribution in [0.3, 0.4) is 0 Å². The molecule has 9 heteroatoms. The van der Waals surface area contributed by atoms with Crippen LogP contribution in [0.2, 0.25) is 0 Å². The van der Waals surface area contributed by atoms with E-state index in [-0.39, 0.29) is 5.69 Å². The number of oxazole rings is 1. The maximum Gasteiger partial charge on any atom is 0.277 e. The molecule has 0 atom stereocenters. The van der Waals surface area contributed by atoms with E-state index in [9.17, 15) is 15.2 Å². The van der Waals surface area contributed by atoms with Crippen LogP contribution in [0, 0.1) is 18.3 Å². The van der Waals surface area contributed by atoms with E-state index >= 15 is 0 Å². The first-order chi connectivity index (χ1) is 18.2. The molecule has 0 aliphatic carbocycles. The number of aryl methyl sites for hydroxylation is 2. The standard InChI is InChI=1S/C29H26N6O3/c1-18-12-19(9-11-31-18)28-34-25(17-38-28)27(36)33-24-16-35-15-21(8-10-29(2,3)37)32-26(35)13-23(24)22-7-5-4-6-20(22)14-30/h4-7,9,11-13,15-17,37H,8,10H2,1-3H3,(H,33,36). The average Bonchev–Trinajstić information content (AvgIpc) is 3.54. The fraction of sp³-hybridized carbons (Fsp3) is 0.207. The highest BCUT2D eigenvalue weighted by Gasteiger charge is 2.19. The number of nitrogens with zero attached hydrogens (tertiary/aromatic N) is 5. The van der Waals surface area contributed by atoms with E-state index < -0.39 is 11.5 Å². The van der Waals surface area contributed by atoms with Crippen LogP contribution in [0.25, 0.3) is 28.2 Å². The van der Waals surface area contributed by atoms with Crippen LogP contribution in [0.1, 0.15) is 47.7 Å². The topological polar surface area (TPSA) is 129 Å². The lowest BCUT2D eigenvalue weighted by atomic mass is 10.00. The van der Waals surface area contributed by atoms with Crippen molar-refractivity contribution in [2.24, 2.45) is 0 Å². The third-order valence-corrected chi connectivity index (χ3v) is 6.10. The van der Waals surface area contributed by atoms with Crippen molar-refractivity contribution in [2.45, 2.75) is 39.2 Å². The summed E-state index contributed by atoms with van der Waals surface area (Å²) in [6, 6.07) is 14.8. The first-order valence-electron chi connectivity index (χ1n) is 12.1. The zero-order chi connectivity index (χ0) is 26.9. The molecule has 1 aromatic carbocycles. The number of nitriles is 1. The molecule has 5 rings (SSSR count). The number of imidazole rings is 1. The fourth-order valence-corrected chi connectivity index (χ4v) is 4.15. The zero-order valence-electron chi connectivity index (χ0n) is 21.3. The van der Waals surface area contributed by atoms with Crippen molar-refractivity contribution in [2.75, 3.05) is 5.32 Å². The number of hydrogen-bond donors (Lipinski definition) is 2. The van der Waals surface area contributed by atoms with Crippen molar-refractivity contribution in [1.82, 2.24) is 19.4 Å². The van der Waals surface area contributed by atoms with Crippen LogP contribution >= 0.6 is 0 Å². The summed E-state index contributed by atoms with van der Waals surface area (Å²) in [5.74, 6) is -0.139. The fourth-order valence-electron chi connectivity index (χ4n) is 4.15. The Morgan fingerprint density at radius 2 is 1.97 bits per heavy atom. The summed E-state index contributed by atoms with van der Waals surface area (Å²) in [6.07, 6.45) is 7.75. The minimum atomic E-state index is -0.808. The van der Waals surface area contributed by atoms with Crippen molar-refractivity contribution >= 4 is 17.2 Å². The van der Waals surface area contributed by atoms with Crippen molar-refractivity contribution in [3.8, 4) is 28.7 Å². The number of hydrogen-bond acceptors (Lipinski definition) is 7. The van der Waals surface area contributed by atoms with E-state index in [0.717, 1.165) is 17.0 Å². The quantitative estimate of drug-likeness (QED) is 0.311. The molecule has 1 amide bonds. The molecule has 38 heavy (non-hydrogen) atoms. The number of amides is 1. The number of anilines is 1. The summed E-state index contributed by atoms with van der Waals surface area (Å²) in [5.41, 5.74) is 4.58. The monoisotopic (exact) mass is 506 g/mol. The van der Waals surface area contributed by atoms with Gasteiger partial charge in [-0.25, -0.2) is 9.97 Å². The van der Waals surface area contributed by atoms with Gasteiger partial charge in [0, 0.05) is 41.0 Å². The van der Waals surface area contributed by atoms with Crippen LogP contribution in [0.5, 0.6) is 0 Å². The van der Waals surface area contributed by atoms with Crippen molar-refractivity contribution in [3.05, 3.63) is 90.0 Å². The lowest BCUT2D eigenvalue weighted by molar-refractivity contribution is 0.0711. The van der Waals surface area contributed by atoms with E-state index in [4.69, 9.17) is 9.40 Å². The van der Waals surface area contributed by atoms with Gasteiger partial charge in [0.1, 0.15) is 11.9 Å². The molecule has 0 unspecified atom stereocenters. The Morgan fingerprint density at radius 1 is 1.16 bits per heavy atom. The molecule has 4 aromatic heterocycles. The molecule has 0 radical (unpaired) electrons. The molecule has 190 valence electrons. The van der Waals surface area contributed by atoms with Gasteiger partial charge < -0.3 is 19.2 Å². The van der Waals surface area contributed by atoms with Crippen molar-refractivity contribution in [1.29, 1.82) is 5.26 Å². The number of fused-ring (bicyclic) bond motifs is 1. The van der Waals surface area contributed by atoms with Gasteiger partial charge in [0.15, 0.2) is 5.69 Å². The lowest BCUT2D eigenvalue weighted by Gasteiger charge is -2.15. The second-order valence-corrected chi connectivity index (χ2v) is 9.75. The lowest BCUT2D eigenvalue weighted by Crippen LogP contribution is -2.19. The molecule has 5 aromatic rings. The van der Waals surface area contributed by atoms with Gasteiger partial charge in [-0.05, 0) is 57.9 Å². The molecule has 9 nitrogen and oxygen atoms in total. The summed E-state index contributed by atoms with van der Waals surface area (Å²) in [6.45, 7) is 5.39. The highest BCUT2D eigenvalue weighted by atomic mass is 16.3. The number of pyridine rings is 2. The van der Waals surface area contributed by atoms with Gasteiger partial charge >= 0.3 is 0 Å². The third-order valence-electron chi connectivity index (χ3n) is 6.10. The molecule has 0 fully saturated rings. The second-order valence-electron chi connectivity index (χ2n) is 9.75. The molecule has 2 N–H and O–H groups in total. The van der Waals surface area contributed by atoms with Gasteiger partial charge in [-0.15, -0.1) is 0 Å². The van der Waals surface area contributed by atoms with Gasteiger partial charge in [-0.2, -0.15) is 5.26 Å². The second kappa shape index (κ2) is 9.92. The Bertz CT molecular complexity index is 1690. The summed E-state index contributed by atoms with van der Waals surface area (Å²) in [4.78, 5) is 26.5. The molecule has 0 saturated heterocycles.